The predicted octanol–water partition coefficient (Wildman–Crippen LogP) is 4.64. The van der Waals surface area contributed by atoms with Gasteiger partial charge in [-0.05, 0) is 40.5 Å². The van der Waals surface area contributed by atoms with Crippen LogP contribution in [-0.4, -0.2) is 49.9 Å². The summed E-state index contributed by atoms with van der Waals surface area (Å²) in [5.74, 6) is -5.59. The van der Waals surface area contributed by atoms with E-state index in [1.165, 1.54) is 30.3 Å². The number of ketones is 1. The summed E-state index contributed by atoms with van der Waals surface area (Å²) in [6, 6.07) is 24.7. The molecule has 0 spiro atoms. The lowest BCUT2D eigenvalue weighted by molar-refractivity contribution is -0.385. The summed E-state index contributed by atoms with van der Waals surface area (Å²) in [5.41, 5.74) is 2.85. The summed E-state index contributed by atoms with van der Waals surface area (Å²) in [5, 5.41) is 24.1. The van der Waals surface area contributed by atoms with E-state index in [0.29, 0.717) is 0 Å². The molecule has 2 atom stereocenters. The number of Topliss-reactive ketones (excluding diaryl/α,β-unsaturated/α-hetero) is 1. The maximum Gasteiger partial charge on any atom is 0.273 e. The number of carbonyl (C=O) groups is 4. The van der Waals surface area contributed by atoms with Gasteiger partial charge in [-0.1, -0.05) is 54.6 Å². The van der Waals surface area contributed by atoms with Gasteiger partial charge in [0.1, 0.15) is 6.54 Å². The first kappa shape index (κ1) is 27.8. The summed E-state index contributed by atoms with van der Waals surface area (Å²) >= 11 is 0. The Labute approximate surface area is 254 Å². The average Bonchev–Trinajstić information content (AvgIpc) is 3.32. The molecule has 8 rings (SSSR count). The fourth-order valence-corrected chi connectivity index (χ4v) is 7.03. The van der Waals surface area contributed by atoms with Crippen molar-refractivity contribution in [2.75, 3.05) is 6.54 Å². The molecule has 0 radical (unpaired) electrons. The van der Waals surface area contributed by atoms with Crippen LogP contribution < -0.4 is 0 Å². The molecule has 12 heteroatoms. The summed E-state index contributed by atoms with van der Waals surface area (Å²) in [7, 11) is 0. The van der Waals surface area contributed by atoms with Crippen molar-refractivity contribution in [3.63, 3.8) is 0 Å². The summed E-state index contributed by atoms with van der Waals surface area (Å²) in [6.45, 7) is -0.772. The third kappa shape index (κ3) is 4.21. The van der Waals surface area contributed by atoms with E-state index in [4.69, 9.17) is 0 Å². The normalized spacial score (nSPS) is 20.7. The predicted molar refractivity (Wildman–Crippen MR) is 157 cm³/mol. The van der Waals surface area contributed by atoms with Crippen LogP contribution in [0.4, 0.5) is 11.4 Å². The standard InChI is InChI=1S/C33H22N4O8/c38-26(18-12-14-20(15-13-18)36(42)43)17-34(31(39)19-6-5-7-21(16-19)37(44)45)35-32(40)29-27-22-8-1-2-9-23(22)28(30(29)33(35)41)25-11-4-3-10-24(25)27/h1-16,27-30H,17H2/t27?,28?,29-,30+. The molecule has 45 heavy (non-hydrogen) atoms. The van der Waals surface area contributed by atoms with Crippen LogP contribution in [0.25, 0.3) is 0 Å². The third-order valence-electron chi connectivity index (χ3n) is 8.90. The molecule has 1 fully saturated rings. The Hall–Kier alpha value is -6.04. The summed E-state index contributed by atoms with van der Waals surface area (Å²) < 4.78 is 0. The monoisotopic (exact) mass is 602 g/mol. The molecule has 0 N–H and O–H groups in total. The molecule has 12 nitrogen and oxygen atoms in total. The molecular weight excluding hydrogens is 580 g/mol. The van der Waals surface area contributed by atoms with E-state index in [2.05, 4.69) is 0 Å². The van der Waals surface area contributed by atoms with Crippen LogP contribution in [0.15, 0.2) is 97.1 Å². The quantitative estimate of drug-likeness (QED) is 0.128. The van der Waals surface area contributed by atoms with Crippen LogP contribution in [0.2, 0.25) is 0 Å². The lowest BCUT2D eigenvalue weighted by Gasteiger charge is -2.45. The number of rotatable bonds is 7. The number of hydrogen-bond donors (Lipinski definition) is 0. The summed E-state index contributed by atoms with van der Waals surface area (Å²) in [6.07, 6.45) is 0. The van der Waals surface area contributed by atoms with E-state index < -0.39 is 63.6 Å². The number of benzene rings is 4. The second-order valence-electron chi connectivity index (χ2n) is 11.2. The highest BCUT2D eigenvalue weighted by atomic mass is 16.6. The number of amides is 3. The Morgan fingerprint density at radius 1 is 0.644 bits per heavy atom. The fourth-order valence-electron chi connectivity index (χ4n) is 7.03. The van der Waals surface area contributed by atoms with E-state index in [9.17, 15) is 39.4 Å². The Kier molecular flexibility index (Phi) is 6.36. The van der Waals surface area contributed by atoms with Crippen LogP contribution in [0, 0.1) is 32.1 Å². The largest absolute Gasteiger partial charge is 0.292 e. The maximum absolute atomic E-state index is 14.4. The zero-order valence-corrected chi connectivity index (χ0v) is 23.3. The Bertz CT molecular complexity index is 1860. The van der Waals surface area contributed by atoms with Crippen molar-refractivity contribution >= 4 is 34.9 Å². The van der Waals surface area contributed by atoms with Crippen molar-refractivity contribution in [3.8, 4) is 0 Å². The van der Waals surface area contributed by atoms with Gasteiger partial charge in [0.05, 0.1) is 21.7 Å². The van der Waals surface area contributed by atoms with E-state index in [0.717, 1.165) is 50.5 Å². The van der Waals surface area contributed by atoms with Gasteiger partial charge >= 0.3 is 0 Å². The van der Waals surface area contributed by atoms with Gasteiger partial charge in [-0.25, -0.2) is 5.01 Å². The smallest absolute Gasteiger partial charge is 0.273 e. The van der Waals surface area contributed by atoms with E-state index in [-0.39, 0.29) is 22.5 Å². The highest BCUT2D eigenvalue weighted by molar-refractivity contribution is 6.11. The number of nitro benzene ring substituents is 2. The van der Waals surface area contributed by atoms with Crippen molar-refractivity contribution in [2.24, 2.45) is 11.8 Å². The van der Waals surface area contributed by atoms with Crippen LogP contribution in [-0.2, 0) is 9.59 Å². The minimum absolute atomic E-state index is 0.00818. The molecule has 1 heterocycles. The third-order valence-corrected chi connectivity index (χ3v) is 8.90. The maximum atomic E-state index is 14.4. The first-order valence-electron chi connectivity index (χ1n) is 14.1. The van der Waals surface area contributed by atoms with Crippen LogP contribution in [0.3, 0.4) is 0 Å². The Morgan fingerprint density at radius 3 is 1.60 bits per heavy atom. The highest BCUT2D eigenvalue weighted by Gasteiger charge is 2.63. The van der Waals surface area contributed by atoms with E-state index in [1.807, 2.05) is 48.5 Å². The molecule has 4 aliphatic rings. The van der Waals surface area contributed by atoms with Crippen molar-refractivity contribution in [2.45, 2.75) is 11.8 Å². The molecular formula is C33H22N4O8. The minimum atomic E-state index is -0.961. The molecule has 0 saturated carbocycles. The first-order valence-corrected chi connectivity index (χ1v) is 14.1. The molecule has 3 aliphatic carbocycles. The zero-order valence-electron chi connectivity index (χ0n) is 23.3. The van der Waals surface area contributed by atoms with Crippen molar-refractivity contribution in [3.05, 3.63) is 151 Å². The van der Waals surface area contributed by atoms with Crippen molar-refractivity contribution in [1.29, 1.82) is 0 Å². The van der Waals surface area contributed by atoms with Crippen LogP contribution in [0.1, 0.15) is 54.8 Å². The second kappa shape index (κ2) is 10.3. The van der Waals surface area contributed by atoms with Gasteiger partial charge in [0.15, 0.2) is 5.78 Å². The Morgan fingerprint density at radius 2 is 1.13 bits per heavy atom. The molecule has 1 aliphatic heterocycles. The molecule has 0 aromatic heterocycles. The molecule has 0 unspecified atom stereocenters. The second-order valence-corrected chi connectivity index (χ2v) is 11.2. The molecule has 1 saturated heterocycles. The molecule has 2 bridgehead atoms. The van der Waals surface area contributed by atoms with Gasteiger partial charge < -0.3 is 0 Å². The lowest BCUT2D eigenvalue weighted by atomic mass is 9.55. The zero-order chi connectivity index (χ0) is 31.6. The van der Waals surface area contributed by atoms with E-state index in [1.54, 1.807) is 0 Å². The van der Waals surface area contributed by atoms with Gasteiger partial charge in [0.2, 0.25) is 0 Å². The van der Waals surface area contributed by atoms with Crippen molar-refractivity contribution in [1.82, 2.24) is 10.0 Å². The van der Waals surface area contributed by atoms with Crippen molar-refractivity contribution < 1.29 is 29.0 Å². The SMILES string of the molecule is O=C(CN(C(=O)c1cccc([N+](=O)[O-])c1)N1C(=O)[C@@H]2C3c4ccccc4C(c4ccccc43)[C@@H]2C1=O)c1ccc([N+](=O)[O-])cc1. The number of nitro groups is 2. The van der Waals surface area contributed by atoms with Gasteiger partial charge in [0, 0.05) is 47.2 Å². The number of imide groups is 1. The number of non-ortho nitro benzene ring substituents is 2. The molecule has 222 valence electrons. The number of carbonyl (C=O) groups excluding carboxylic acids is 4. The topological polar surface area (TPSA) is 161 Å². The fraction of sp³-hybridized carbons (Fsp3) is 0.152. The molecule has 3 amide bonds. The number of hydrogen-bond acceptors (Lipinski definition) is 8. The van der Waals surface area contributed by atoms with Gasteiger partial charge in [-0.3, -0.25) is 39.4 Å². The van der Waals surface area contributed by atoms with Gasteiger partial charge in [0.25, 0.3) is 29.1 Å². The summed E-state index contributed by atoms with van der Waals surface area (Å²) in [4.78, 5) is 77.6. The van der Waals surface area contributed by atoms with Gasteiger partial charge in [-0.15, -0.1) is 0 Å². The van der Waals surface area contributed by atoms with E-state index >= 15 is 0 Å². The number of nitrogens with zero attached hydrogens (tertiary/aromatic N) is 4. The molecule has 4 aromatic rings. The lowest BCUT2D eigenvalue weighted by Crippen LogP contribution is -2.52. The average molecular weight is 603 g/mol. The van der Waals surface area contributed by atoms with Gasteiger partial charge in [-0.2, -0.15) is 5.01 Å². The Balaban J connectivity index is 1.32. The first-order chi connectivity index (χ1) is 21.7. The number of hydrazine groups is 1. The highest BCUT2D eigenvalue weighted by Crippen LogP contribution is 2.61. The van der Waals surface area contributed by atoms with Crippen LogP contribution >= 0.6 is 0 Å². The van der Waals surface area contributed by atoms with Crippen LogP contribution in [0.5, 0.6) is 0 Å². The molecule has 4 aromatic carbocycles. The minimum Gasteiger partial charge on any atom is -0.292 e.